The van der Waals surface area contributed by atoms with Gasteiger partial charge < -0.3 is 0 Å². The van der Waals surface area contributed by atoms with E-state index in [0.29, 0.717) is 11.8 Å². The molecule has 0 rings (SSSR count). The lowest BCUT2D eigenvalue weighted by molar-refractivity contribution is 0.272. The van der Waals surface area contributed by atoms with Crippen molar-refractivity contribution in [2.24, 2.45) is 17.3 Å². The Morgan fingerprint density at radius 1 is 1.06 bits per heavy atom. The van der Waals surface area contributed by atoms with E-state index in [4.69, 9.17) is 0 Å². The molecule has 0 aromatic heterocycles. The van der Waals surface area contributed by atoms with Gasteiger partial charge >= 0.3 is 0 Å². The highest BCUT2D eigenvalue weighted by Gasteiger charge is 2.26. The van der Waals surface area contributed by atoms with Crippen LogP contribution in [0, 0.1) is 17.3 Å². The molecule has 0 bridgehead atoms. The second kappa shape index (κ2) is 6.39. The van der Waals surface area contributed by atoms with Crippen LogP contribution in [0.5, 0.6) is 0 Å². The van der Waals surface area contributed by atoms with E-state index in [-0.39, 0.29) is 5.41 Å². The summed E-state index contributed by atoms with van der Waals surface area (Å²) in [5, 5.41) is 0. The summed E-state index contributed by atoms with van der Waals surface area (Å²) in [4.78, 5) is 2.31. The molecule has 0 saturated heterocycles. The van der Waals surface area contributed by atoms with Crippen molar-refractivity contribution in [3.63, 3.8) is 0 Å². The van der Waals surface area contributed by atoms with Crippen LogP contribution in [0.15, 0.2) is 24.3 Å². The van der Waals surface area contributed by atoms with Crippen LogP contribution in [-0.4, -0.2) is 25.0 Å². The third-order valence-electron chi connectivity index (χ3n) is 4.10. The maximum absolute atomic E-state index is 4.27. The monoisotopic (exact) mass is 237 g/mol. The molecule has 0 amide bonds. The number of hydrogen-bond donors (Lipinski definition) is 0. The number of hydrogen-bond acceptors (Lipinski definition) is 1. The predicted molar refractivity (Wildman–Crippen MR) is 79.2 cm³/mol. The summed E-state index contributed by atoms with van der Waals surface area (Å²) in [6.45, 7) is 23.8. The summed E-state index contributed by atoms with van der Waals surface area (Å²) in [5.74, 6) is 1.18. The second-order valence-corrected chi connectivity index (χ2v) is 6.47. The van der Waals surface area contributed by atoms with E-state index in [0.717, 1.165) is 13.1 Å². The zero-order valence-corrected chi connectivity index (χ0v) is 12.9. The van der Waals surface area contributed by atoms with Gasteiger partial charge in [0, 0.05) is 13.1 Å². The Morgan fingerprint density at radius 2 is 1.53 bits per heavy atom. The molecular formula is C16H31N. The van der Waals surface area contributed by atoms with Crippen LogP contribution in [0.3, 0.4) is 0 Å². The predicted octanol–water partition coefficient (Wildman–Crippen LogP) is 4.37. The van der Waals surface area contributed by atoms with Crippen molar-refractivity contribution < 1.29 is 0 Å². The van der Waals surface area contributed by atoms with Crippen LogP contribution < -0.4 is 0 Å². The summed E-state index contributed by atoms with van der Waals surface area (Å²) >= 11 is 0. The number of likely N-dealkylation sites (N-methyl/N-ethyl adjacent to an activating group) is 1. The molecule has 1 nitrogen and oxygen atoms in total. The van der Waals surface area contributed by atoms with Gasteiger partial charge in [0.2, 0.25) is 0 Å². The van der Waals surface area contributed by atoms with Gasteiger partial charge in [0.1, 0.15) is 0 Å². The molecule has 0 aromatic carbocycles. The minimum atomic E-state index is 0.202. The zero-order chi connectivity index (χ0) is 13.8. The average molecular weight is 237 g/mol. The highest BCUT2D eigenvalue weighted by Crippen LogP contribution is 2.33. The Balaban J connectivity index is 4.36. The fourth-order valence-electron chi connectivity index (χ4n) is 1.52. The van der Waals surface area contributed by atoms with Gasteiger partial charge in [-0.2, -0.15) is 0 Å². The summed E-state index contributed by atoms with van der Waals surface area (Å²) in [6, 6.07) is 0. The van der Waals surface area contributed by atoms with E-state index in [9.17, 15) is 0 Å². The van der Waals surface area contributed by atoms with Crippen LogP contribution in [0.2, 0.25) is 0 Å². The Hall–Kier alpha value is -0.560. The first-order chi connectivity index (χ1) is 7.59. The molecule has 100 valence electrons. The minimum absolute atomic E-state index is 0.202. The van der Waals surface area contributed by atoms with E-state index in [1.54, 1.807) is 0 Å². The van der Waals surface area contributed by atoms with Gasteiger partial charge in [-0.25, -0.2) is 0 Å². The lowest BCUT2D eigenvalue weighted by Gasteiger charge is -2.34. The first kappa shape index (κ1) is 16.4. The van der Waals surface area contributed by atoms with Gasteiger partial charge in [-0.05, 0) is 24.3 Å². The first-order valence-corrected chi connectivity index (χ1v) is 6.63. The van der Waals surface area contributed by atoms with Gasteiger partial charge in [-0.15, -0.1) is 0 Å². The molecule has 0 aromatic rings. The van der Waals surface area contributed by atoms with Crippen molar-refractivity contribution in [1.82, 2.24) is 4.90 Å². The molecule has 0 saturated carbocycles. The Bertz CT molecular complexity index is 271. The van der Waals surface area contributed by atoms with Crippen molar-refractivity contribution in [3.8, 4) is 0 Å². The molecule has 0 fully saturated rings. The molecule has 17 heavy (non-hydrogen) atoms. The fourth-order valence-corrected chi connectivity index (χ4v) is 1.52. The van der Waals surface area contributed by atoms with Crippen LogP contribution in [0.4, 0.5) is 0 Å². The third-order valence-corrected chi connectivity index (χ3v) is 4.10. The SMILES string of the molecule is C=C(CN(C)CC(=C)C(C)(C)C(C)C)C(C)C. The Labute approximate surface area is 109 Å². The van der Waals surface area contributed by atoms with E-state index >= 15 is 0 Å². The molecule has 0 atom stereocenters. The summed E-state index contributed by atoms with van der Waals surface area (Å²) in [7, 11) is 2.15. The molecule has 0 unspecified atom stereocenters. The largest absolute Gasteiger partial charge is 0.299 e. The fraction of sp³-hybridized carbons (Fsp3) is 0.750. The van der Waals surface area contributed by atoms with Crippen molar-refractivity contribution >= 4 is 0 Å². The average Bonchev–Trinajstić information content (AvgIpc) is 2.16. The van der Waals surface area contributed by atoms with Crippen LogP contribution in [-0.2, 0) is 0 Å². The highest BCUT2D eigenvalue weighted by molar-refractivity contribution is 5.11. The van der Waals surface area contributed by atoms with Crippen LogP contribution in [0.25, 0.3) is 0 Å². The maximum atomic E-state index is 4.27. The van der Waals surface area contributed by atoms with E-state index in [1.165, 1.54) is 11.1 Å². The molecule has 0 radical (unpaired) electrons. The van der Waals surface area contributed by atoms with Crippen molar-refractivity contribution in [1.29, 1.82) is 0 Å². The first-order valence-electron chi connectivity index (χ1n) is 6.63. The van der Waals surface area contributed by atoms with Gasteiger partial charge in [-0.1, -0.05) is 65.8 Å². The van der Waals surface area contributed by atoms with Crippen LogP contribution in [0.1, 0.15) is 41.5 Å². The maximum Gasteiger partial charge on any atom is 0.0195 e. The standard InChI is InChI=1S/C16H31N/c1-12(2)14(5)10-17(9)11-15(6)16(7,8)13(3)4/h12-13H,5-6,10-11H2,1-4,7-9H3. The van der Waals surface area contributed by atoms with Crippen LogP contribution >= 0.6 is 0 Å². The zero-order valence-electron chi connectivity index (χ0n) is 12.9. The Morgan fingerprint density at radius 3 is 1.88 bits per heavy atom. The summed E-state index contributed by atoms with van der Waals surface area (Å²) in [5.41, 5.74) is 2.81. The van der Waals surface area contributed by atoms with Gasteiger partial charge in [-0.3, -0.25) is 4.90 Å². The van der Waals surface area contributed by atoms with Crippen molar-refractivity contribution in [3.05, 3.63) is 24.3 Å². The number of rotatable bonds is 7. The quantitative estimate of drug-likeness (QED) is 0.594. The van der Waals surface area contributed by atoms with Crippen molar-refractivity contribution in [2.75, 3.05) is 20.1 Å². The molecule has 0 heterocycles. The summed E-state index contributed by atoms with van der Waals surface area (Å²) < 4.78 is 0. The lowest BCUT2D eigenvalue weighted by atomic mass is 9.75. The molecule has 0 N–H and O–H groups in total. The van der Waals surface area contributed by atoms with E-state index < -0.39 is 0 Å². The topological polar surface area (TPSA) is 3.24 Å². The molecule has 0 aliphatic carbocycles. The normalized spacial score (nSPS) is 12.6. The number of nitrogens with zero attached hydrogens (tertiary/aromatic N) is 1. The Kier molecular flexibility index (Phi) is 6.18. The molecule has 0 aliphatic rings. The molecule has 0 aliphatic heterocycles. The smallest absolute Gasteiger partial charge is 0.0195 e. The minimum Gasteiger partial charge on any atom is -0.299 e. The lowest BCUT2D eigenvalue weighted by Crippen LogP contribution is -2.31. The second-order valence-electron chi connectivity index (χ2n) is 6.47. The molecule has 1 heteroatoms. The van der Waals surface area contributed by atoms with E-state index in [2.05, 4.69) is 66.6 Å². The van der Waals surface area contributed by atoms with Gasteiger partial charge in [0.15, 0.2) is 0 Å². The molecule has 0 spiro atoms. The van der Waals surface area contributed by atoms with Gasteiger partial charge in [0.05, 0.1) is 0 Å². The van der Waals surface area contributed by atoms with Crippen molar-refractivity contribution in [2.45, 2.75) is 41.5 Å². The third kappa shape index (κ3) is 5.08. The molecular weight excluding hydrogens is 206 g/mol. The van der Waals surface area contributed by atoms with Gasteiger partial charge in [0.25, 0.3) is 0 Å². The van der Waals surface area contributed by atoms with E-state index in [1.807, 2.05) is 0 Å². The highest BCUT2D eigenvalue weighted by atomic mass is 15.1. The summed E-state index contributed by atoms with van der Waals surface area (Å²) in [6.07, 6.45) is 0.